The maximum atomic E-state index is 13.0. The van der Waals surface area contributed by atoms with Gasteiger partial charge in [0.25, 0.3) is 5.91 Å². The minimum Gasteiger partial charge on any atom is -0.493 e. The minimum absolute atomic E-state index is 0.170. The molecule has 9 heteroatoms. The van der Waals surface area contributed by atoms with E-state index in [1.807, 2.05) is 37.4 Å². The lowest BCUT2D eigenvalue weighted by Gasteiger charge is -2.23. The number of benzene rings is 2. The van der Waals surface area contributed by atoms with Gasteiger partial charge in [-0.15, -0.1) is 11.8 Å². The van der Waals surface area contributed by atoms with Crippen LogP contribution in [0.3, 0.4) is 0 Å². The van der Waals surface area contributed by atoms with Crippen molar-refractivity contribution in [1.29, 1.82) is 0 Å². The number of amides is 1. The van der Waals surface area contributed by atoms with Crippen LogP contribution in [0.25, 0.3) is 0 Å². The van der Waals surface area contributed by atoms with E-state index in [0.29, 0.717) is 11.5 Å². The third kappa shape index (κ3) is 5.36. The first-order valence-corrected chi connectivity index (χ1v) is 11.8. The summed E-state index contributed by atoms with van der Waals surface area (Å²) in [5, 5.41) is 2.92. The Morgan fingerprint density at radius 3 is 2.14 bits per heavy atom. The lowest BCUT2D eigenvalue weighted by Crippen LogP contribution is -2.31. The molecular weight excluding hydrogens is 412 g/mol. The van der Waals surface area contributed by atoms with Crippen molar-refractivity contribution in [2.24, 2.45) is 0 Å². The van der Waals surface area contributed by atoms with Crippen molar-refractivity contribution in [3.05, 3.63) is 47.5 Å². The Morgan fingerprint density at radius 1 is 1.10 bits per heavy atom. The fourth-order valence-electron chi connectivity index (χ4n) is 2.74. The van der Waals surface area contributed by atoms with E-state index in [9.17, 15) is 13.2 Å². The van der Waals surface area contributed by atoms with E-state index in [-0.39, 0.29) is 17.3 Å². The zero-order valence-electron chi connectivity index (χ0n) is 17.3. The number of anilines is 1. The summed E-state index contributed by atoms with van der Waals surface area (Å²) in [5.74, 6) is 0.244. The van der Waals surface area contributed by atoms with Gasteiger partial charge in [-0.3, -0.25) is 9.10 Å². The highest BCUT2D eigenvalue weighted by molar-refractivity contribution is 7.98. The van der Waals surface area contributed by atoms with Crippen molar-refractivity contribution in [1.82, 2.24) is 5.32 Å². The van der Waals surface area contributed by atoms with Crippen LogP contribution in [0.2, 0.25) is 0 Å². The van der Waals surface area contributed by atoms with E-state index < -0.39 is 15.9 Å². The number of nitrogens with one attached hydrogen (secondary N) is 1. The van der Waals surface area contributed by atoms with Crippen LogP contribution in [0.15, 0.2) is 41.3 Å². The largest absolute Gasteiger partial charge is 0.493 e. The van der Waals surface area contributed by atoms with Crippen LogP contribution in [-0.4, -0.2) is 48.1 Å². The molecule has 0 unspecified atom stereocenters. The number of ether oxygens (including phenoxy) is 2. The van der Waals surface area contributed by atoms with Gasteiger partial charge in [-0.25, -0.2) is 8.42 Å². The molecule has 29 heavy (non-hydrogen) atoms. The van der Waals surface area contributed by atoms with Crippen LogP contribution in [0.5, 0.6) is 11.5 Å². The summed E-state index contributed by atoms with van der Waals surface area (Å²) < 4.78 is 35.8. The first-order chi connectivity index (χ1) is 13.6. The number of sulfonamides is 1. The van der Waals surface area contributed by atoms with Crippen molar-refractivity contribution in [3.63, 3.8) is 0 Å². The monoisotopic (exact) mass is 438 g/mol. The van der Waals surface area contributed by atoms with Gasteiger partial charge >= 0.3 is 0 Å². The van der Waals surface area contributed by atoms with Crippen molar-refractivity contribution in [3.8, 4) is 11.5 Å². The van der Waals surface area contributed by atoms with E-state index >= 15 is 0 Å². The number of methoxy groups -OCH3 is 2. The van der Waals surface area contributed by atoms with Crippen LogP contribution >= 0.6 is 11.8 Å². The normalized spacial score (nSPS) is 12.2. The van der Waals surface area contributed by atoms with E-state index in [1.54, 1.807) is 11.8 Å². The van der Waals surface area contributed by atoms with E-state index in [2.05, 4.69) is 5.32 Å². The Kier molecular flexibility index (Phi) is 7.43. The minimum atomic E-state index is -3.59. The summed E-state index contributed by atoms with van der Waals surface area (Å²) in [6.07, 6.45) is 3.07. The van der Waals surface area contributed by atoms with Gasteiger partial charge in [-0.2, -0.15) is 0 Å². The molecule has 1 amide bonds. The quantitative estimate of drug-likeness (QED) is 0.637. The maximum Gasteiger partial charge on any atom is 0.254 e. The number of carbonyl (C=O) groups excluding carboxylic acids is 1. The van der Waals surface area contributed by atoms with Gasteiger partial charge in [0.2, 0.25) is 10.0 Å². The van der Waals surface area contributed by atoms with Crippen molar-refractivity contribution < 1.29 is 22.7 Å². The SMILES string of the molecule is COc1cc(C(=O)N[C@H](C)c2ccc(SC)cc2)c(N(C)S(C)(=O)=O)cc1OC. The average molecular weight is 439 g/mol. The highest BCUT2D eigenvalue weighted by Gasteiger charge is 2.24. The molecule has 0 heterocycles. The molecule has 0 radical (unpaired) electrons. The molecule has 1 atom stereocenters. The number of carbonyl (C=O) groups is 1. The van der Waals surface area contributed by atoms with Crippen LogP contribution in [0.4, 0.5) is 5.69 Å². The van der Waals surface area contributed by atoms with Gasteiger partial charge in [0.15, 0.2) is 11.5 Å². The van der Waals surface area contributed by atoms with Crippen LogP contribution in [0, 0.1) is 0 Å². The molecule has 0 spiro atoms. The molecule has 0 fully saturated rings. The van der Waals surface area contributed by atoms with Crippen LogP contribution in [0.1, 0.15) is 28.9 Å². The summed E-state index contributed by atoms with van der Waals surface area (Å²) in [7, 11) is 0.697. The van der Waals surface area contributed by atoms with Gasteiger partial charge in [-0.05, 0) is 36.9 Å². The lowest BCUT2D eigenvalue weighted by molar-refractivity contribution is 0.0940. The molecule has 2 rings (SSSR count). The molecule has 0 aromatic heterocycles. The second-order valence-electron chi connectivity index (χ2n) is 6.42. The molecule has 2 aromatic rings. The maximum absolute atomic E-state index is 13.0. The molecule has 2 aromatic carbocycles. The summed E-state index contributed by atoms with van der Waals surface area (Å²) >= 11 is 1.64. The Balaban J connectivity index is 2.43. The Bertz CT molecular complexity index is 975. The summed E-state index contributed by atoms with van der Waals surface area (Å²) in [5.41, 5.74) is 1.31. The highest BCUT2D eigenvalue weighted by atomic mass is 32.2. The Morgan fingerprint density at radius 2 is 1.66 bits per heavy atom. The predicted octanol–water partition coefficient (Wildman–Crippen LogP) is 3.31. The number of hydrogen-bond donors (Lipinski definition) is 1. The molecule has 1 N–H and O–H groups in total. The molecule has 0 aliphatic carbocycles. The van der Waals surface area contributed by atoms with Gasteiger partial charge < -0.3 is 14.8 Å². The van der Waals surface area contributed by atoms with Crippen molar-refractivity contribution in [2.75, 3.05) is 38.1 Å². The molecule has 0 bridgehead atoms. The molecule has 0 aliphatic rings. The molecule has 158 valence electrons. The second-order valence-corrected chi connectivity index (χ2v) is 9.32. The van der Waals surface area contributed by atoms with Gasteiger partial charge in [0.05, 0.1) is 37.8 Å². The molecule has 0 saturated heterocycles. The molecule has 7 nitrogen and oxygen atoms in total. The summed E-state index contributed by atoms with van der Waals surface area (Å²) in [6.45, 7) is 1.87. The topological polar surface area (TPSA) is 84.9 Å². The first kappa shape index (κ1) is 22.9. The molecule has 0 saturated carbocycles. The number of rotatable bonds is 8. The molecular formula is C20H26N2O5S2. The lowest BCUT2D eigenvalue weighted by atomic mass is 10.1. The van der Waals surface area contributed by atoms with E-state index in [4.69, 9.17) is 9.47 Å². The second kappa shape index (κ2) is 9.41. The fraction of sp³-hybridized carbons (Fsp3) is 0.350. The predicted molar refractivity (Wildman–Crippen MR) is 117 cm³/mol. The fourth-order valence-corrected chi connectivity index (χ4v) is 3.66. The number of thioether (sulfide) groups is 1. The first-order valence-electron chi connectivity index (χ1n) is 8.77. The van der Waals surface area contributed by atoms with Crippen LogP contribution < -0.4 is 19.1 Å². The van der Waals surface area contributed by atoms with Crippen molar-refractivity contribution in [2.45, 2.75) is 17.9 Å². The summed E-state index contributed by atoms with van der Waals surface area (Å²) in [6, 6.07) is 10.6. The smallest absolute Gasteiger partial charge is 0.254 e. The van der Waals surface area contributed by atoms with Gasteiger partial charge in [0.1, 0.15) is 0 Å². The third-order valence-corrected chi connectivity index (χ3v) is 6.48. The van der Waals surface area contributed by atoms with E-state index in [1.165, 1.54) is 33.4 Å². The Labute approximate surface area is 176 Å². The zero-order chi connectivity index (χ0) is 21.8. The number of nitrogens with zero attached hydrogens (tertiary/aromatic N) is 1. The zero-order valence-corrected chi connectivity index (χ0v) is 19.0. The van der Waals surface area contributed by atoms with Gasteiger partial charge in [-0.1, -0.05) is 12.1 Å². The highest BCUT2D eigenvalue weighted by Crippen LogP contribution is 2.36. The van der Waals surface area contributed by atoms with E-state index in [0.717, 1.165) is 21.0 Å². The van der Waals surface area contributed by atoms with Gasteiger partial charge in [0, 0.05) is 18.0 Å². The molecule has 0 aliphatic heterocycles. The van der Waals surface area contributed by atoms with Crippen molar-refractivity contribution >= 4 is 33.4 Å². The number of hydrogen-bond acceptors (Lipinski definition) is 6. The Hall–Kier alpha value is -2.39. The van der Waals surface area contributed by atoms with Crippen LogP contribution in [-0.2, 0) is 10.0 Å². The summed E-state index contributed by atoms with van der Waals surface area (Å²) in [4.78, 5) is 14.2. The standard InChI is InChI=1S/C20H26N2O5S2/c1-13(14-7-9-15(28-5)10-8-14)21-20(23)16-11-18(26-3)19(27-4)12-17(16)22(2)29(6,24)25/h7-13H,1-6H3,(H,21,23)/t13-/m1/s1. The third-order valence-electron chi connectivity index (χ3n) is 4.55. The average Bonchev–Trinajstić information content (AvgIpc) is 2.71.